The molecule has 45 heavy (non-hydrogen) atoms. The predicted octanol–water partition coefficient (Wildman–Crippen LogP) is 11.3. The molecule has 0 saturated heterocycles. The van der Waals surface area contributed by atoms with Gasteiger partial charge >= 0.3 is 22.4 Å². The number of aromatic nitrogens is 2. The van der Waals surface area contributed by atoms with Gasteiger partial charge in [-0.25, -0.2) is 0 Å². The zero-order valence-electron chi connectivity index (χ0n) is 27.7. The van der Waals surface area contributed by atoms with E-state index in [4.69, 9.17) is 4.98 Å². The monoisotopic (exact) mass is 790 g/mol. The average molecular weight is 791 g/mol. The molecule has 0 saturated carbocycles. The molecule has 0 bridgehead atoms. The molecule has 6 rings (SSSR count). The van der Waals surface area contributed by atoms with Crippen molar-refractivity contribution in [2.24, 2.45) is 0 Å². The Morgan fingerprint density at radius 2 is 1.27 bits per heavy atom. The molecule has 0 N–H and O–H groups in total. The fourth-order valence-electron chi connectivity index (χ4n) is 5.51. The van der Waals surface area contributed by atoms with E-state index in [0.29, 0.717) is 0 Å². The number of nitrogens with zero attached hydrogens (tertiary/aromatic N) is 2. The van der Waals surface area contributed by atoms with Crippen LogP contribution < -0.4 is 4.98 Å². The van der Waals surface area contributed by atoms with Gasteiger partial charge in [0, 0.05) is 6.20 Å². The molecule has 0 unspecified atom stereocenters. The molecule has 2 nitrogen and oxygen atoms in total. The maximum Gasteiger partial charge on any atom is 3.00 e. The van der Waals surface area contributed by atoms with Crippen LogP contribution in [-0.2, 0) is 38.6 Å². The topological polar surface area (TPSA) is 27.0 Å². The van der Waals surface area contributed by atoms with Crippen LogP contribution in [0.15, 0.2) is 94.9 Å². The van der Waals surface area contributed by atoms with E-state index in [9.17, 15) is 0 Å². The van der Waals surface area contributed by atoms with Gasteiger partial charge in [0.2, 0.25) is 0 Å². The number of pyridine rings is 1. The van der Waals surface area contributed by atoms with Gasteiger partial charge in [-0.15, -0.1) is 82.0 Å². The summed E-state index contributed by atoms with van der Waals surface area (Å²) < 4.78 is 0. The van der Waals surface area contributed by atoms with E-state index in [-0.39, 0.29) is 38.6 Å². The molecule has 232 valence electrons. The van der Waals surface area contributed by atoms with Crippen LogP contribution in [0.4, 0.5) is 0 Å². The SMILES string of the molecule is CC(C)(C)c1cc(Sc2[c-]c(-c3cc(C(C)(C)C)cc4c3[n-]c3ccc(C(C)(C)C)cc34)ccc2)[c-]c(-c2ccccn2)c1.[Au+3]. The average Bonchev–Trinajstić information content (AvgIpc) is 3.34. The molecule has 0 spiro atoms. The Morgan fingerprint density at radius 1 is 0.600 bits per heavy atom. The molecule has 4 aromatic carbocycles. The second-order valence-electron chi connectivity index (χ2n) is 14.9. The van der Waals surface area contributed by atoms with E-state index in [1.165, 1.54) is 27.5 Å². The Bertz CT molecular complexity index is 1980. The van der Waals surface area contributed by atoms with Gasteiger partial charge in [-0.05, 0) is 44.3 Å². The summed E-state index contributed by atoms with van der Waals surface area (Å²) in [6, 6.07) is 35.8. The Morgan fingerprint density at radius 3 is 1.93 bits per heavy atom. The largest absolute Gasteiger partial charge is 3.00 e. The third-order valence-electron chi connectivity index (χ3n) is 8.29. The molecule has 2 aromatic heterocycles. The molecule has 0 radical (unpaired) electrons. The number of hydrogen-bond donors (Lipinski definition) is 0. The van der Waals surface area contributed by atoms with Crippen molar-refractivity contribution in [1.82, 2.24) is 9.97 Å². The molecule has 0 aliphatic heterocycles. The third-order valence-corrected chi connectivity index (χ3v) is 9.19. The summed E-state index contributed by atoms with van der Waals surface area (Å²) in [5.74, 6) is 0. The molecular formula is C41H41AuN2S. The molecule has 0 fully saturated rings. The zero-order valence-corrected chi connectivity index (χ0v) is 30.7. The first kappa shape index (κ1) is 33.3. The number of hydrogen-bond acceptors (Lipinski definition) is 2. The molecule has 2 heterocycles. The van der Waals surface area contributed by atoms with Crippen LogP contribution in [0.3, 0.4) is 0 Å². The van der Waals surface area contributed by atoms with Crippen molar-refractivity contribution in [3.8, 4) is 22.4 Å². The molecule has 0 aliphatic rings. The van der Waals surface area contributed by atoms with Gasteiger partial charge in [0.1, 0.15) is 0 Å². The minimum Gasteiger partial charge on any atom is -0.664 e. The van der Waals surface area contributed by atoms with E-state index in [1.54, 1.807) is 11.8 Å². The quantitative estimate of drug-likeness (QED) is 0.131. The molecule has 0 atom stereocenters. The van der Waals surface area contributed by atoms with Gasteiger partial charge in [-0.3, -0.25) is 0 Å². The van der Waals surface area contributed by atoms with Gasteiger partial charge in [0.05, 0.1) is 0 Å². The Balaban J connectivity index is 0.00000400. The van der Waals surface area contributed by atoms with Crippen LogP contribution in [0.2, 0.25) is 0 Å². The minimum absolute atomic E-state index is 0. The number of benzene rings is 4. The first-order chi connectivity index (χ1) is 20.7. The molecule has 4 heteroatoms. The van der Waals surface area contributed by atoms with Crippen molar-refractivity contribution in [3.05, 3.63) is 114 Å². The molecular weight excluding hydrogens is 749 g/mol. The van der Waals surface area contributed by atoms with E-state index in [1.807, 2.05) is 24.4 Å². The summed E-state index contributed by atoms with van der Waals surface area (Å²) in [5.41, 5.74) is 10.2. The minimum atomic E-state index is -0.00917. The summed E-state index contributed by atoms with van der Waals surface area (Å²) >= 11 is 1.70. The maximum atomic E-state index is 5.20. The standard InChI is InChI=1S/C41H41N2S.Au/c1-39(2,3)28-16-17-37-34(23-28)35-25-30(41(7,8)9)24-33(38(35)43-37)26-13-12-14-31(20-26)44-32-21-27(36-15-10-11-18-42-36)19-29(22-32)40(4,5)6;/h10-19,22-25H,1-9H3;/q-3;+3. The van der Waals surface area contributed by atoms with E-state index >= 15 is 0 Å². The van der Waals surface area contributed by atoms with Crippen molar-refractivity contribution >= 4 is 33.6 Å². The zero-order chi connectivity index (χ0) is 31.4. The second-order valence-corrected chi connectivity index (χ2v) is 16.0. The van der Waals surface area contributed by atoms with E-state index in [2.05, 4.69) is 140 Å². The second kappa shape index (κ2) is 12.3. The van der Waals surface area contributed by atoms with Crippen molar-refractivity contribution in [3.63, 3.8) is 0 Å². The summed E-state index contributed by atoms with van der Waals surface area (Å²) in [4.78, 5) is 11.9. The summed E-state index contributed by atoms with van der Waals surface area (Å²) in [6.45, 7) is 20.4. The summed E-state index contributed by atoms with van der Waals surface area (Å²) in [6.07, 6.45) is 1.84. The van der Waals surface area contributed by atoms with Crippen LogP contribution >= 0.6 is 11.8 Å². The predicted molar refractivity (Wildman–Crippen MR) is 188 cm³/mol. The van der Waals surface area contributed by atoms with Crippen LogP contribution in [0, 0.1) is 12.1 Å². The summed E-state index contributed by atoms with van der Waals surface area (Å²) in [7, 11) is 0. The molecule has 0 amide bonds. The van der Waals surface area contributed by atoms with Crippen molar-refractivity contribution < 1.29 is 22.4 Å². The Labute approximate surface area is 289 Å². The normalized spacial score (nSPS) is 12.5. The smallest absolute Gasteiger partial charge is 0.664 e. The number of fused-ring (bicyclic) bond motifs is 3. The van der Waals surface area contributed by atoms with Gasteiger partial charge in [0.15, 0.2) is 0 Å². The van der Waals surface area contributed by atoms with Crippen LogP contribution in [0.1, 0.15) is 79.0 Å². The maximum absolute atomic E-state index is 5.20. The van der Waals surface area contributed by atoms with E-state index in [0.717, 1.165) is 43.2 Å². The van der Waals surface area contributed by atoms with Crippen molar-refractivity contribution in [1.29, 1.82) is 0 Å². The fourth-order valence-corrected chi connectivity index (χ4v) is 6.40. The van der Waals surface area contributed by atoms with Gasteiger partial charge in [0.25, 0.3) is 0 Å². The van der Waals surface area contributed by atoms with Crippen molar-refractivity contribution in [2.45, 2.75) is 88.3 Å². The van der Waals surface area contributed by atoms with Crippen LogP contribution in [0.25, 0.3) is 44.2 Å². The van der Waals surface area contributed by atoms with Crippen molar-refractivity contribution in [2.75, 3.05) is 0 Å². The Hall–Kier alpha value is -3.08. The first-order valence-corrected chi connectivity index (χ1v) is 16.2. The molecule has 6 aromatic rings. The first-order valence-electron chi connectivity index (χ1n) is 15.4. The van der Waals surface area contributed by atoms with Gasteiger partial charge in [-0.2, -0.15) is 5.52 Å². The number of rotatable bonds is 4. The van der Waals surface area contributed by atoms with E-state index < -0.39 is 0 Å². The van der Waals surface area contributed by atoms with Crippen LogP contribution in [0.5, 0.6) is 0 Å². The molecule has 0 aliphatic carbocycles. The Kier molecular flexibility index (Phi) is 9.07. The fraction of sp³-hybridized carbons (Fsp3) is 0.293. The van der Waals surface area contributed by atoms with Gasteiger partial charge in [-0.1, -0.05) is 120 Å². The van der Waals surface area contributed by atoms with Gasteiger partial charge < -0.3 is 9.97 Å². The third kappa shape index (κ3) is 7.03. The summed E-state index contributed by atoms with van der Waals surface area (Å²) in [5, 5.41) is 2.44. The van der Waals surface area contributed by atoms with Crippen LogP contribution in [-0.4, -0.2) is 4.98 Å².